The van der Waals surface area contributed by atoms with Gasteiger partial charge in [0.25, 0.3) is 6.01 Å². The van der Waals surface area contributed by atoms with Crippen LogP contribution in [0.4, 0.5) is 17.4 Å². The Balaban J connectivity index is 1.98. The first kappa shape index (κ1) is 10.7. The smallest absolute Gasteiger partial charge is 0.300 e. The molecule has 1 heterocycles. The molecule has 0 aliphatic heterocycles. The molecule has 0 saturated heterocycles. The minimum absolute atomic E-state index is 0.452. The van der Waals surface area contributed by atoms with Crippen LogP contribution in [0.25, 0.3) is 11.1 Å². The monoisotopic (exact) mass is 239 g/mol. The number of oxazole rings is 1. The van der Waals surface area contributed by atoms with Gasteiger partial charge in [-0.05, 0) is 36.8 Å². The molecule has 0 fully saturated rings. The molecule has 4 heteroatoms. The molecule has 0 spiro atoms. The summed E-state index contributed by atoms with van der Waals surface area (Å²) in [4.78, 5) is 4.38. The van der Waals surface area contributed by atoms with E-state index >= 15 is 0 Å². The van der Waals surface area contributed by atoms with Gasteiger partial charge in [-0.1, -0.05) is 18.2 Å². The maximum absolute atomic E-state index is 5.85. The lowest BCUT2D eigenvalue weighted by Crippen LogP contribution is -1.95. The van der Waals surface area contributed by atoms with Gasteiger partial charge in [-0.3, -0.25) is 0 Å². The van der Waals surface area contributed by atoms with Crippen LogP contribution in [0.15, 0.2) is 46.9 Å². The molecular formula is C14H13N3O. The average Bonchev–Trinajstić information content (AvgIpc) is 2.73. The van der Waals surface area contributed by atoms with Crippen molar-refractivity contribution in [3.63, 3.8) is 0 Å². The molecule has 0 saturated carbocycles. The topological polar surface area (TPSA) is 64.1 Å². The van der Waals surface area contributed by atoms with Crippen LogP contribution in [0.1, 0.15) is 5.56 Å². The van der Waals surface area contributed by atoms with Gasteiger partial charge in [-0.15, -0.1) is 0 Å². The second kappa shape index (κ2) is 4.07. The first-order valence-corrected chi connectivity index (χ1v) is 5.71. The summed E-state index contributed by atoms with van der Waals surface area (Å²) in [6.07, 6.45) is 0. The van der Waals surface area contributed by atoms with Crippen molar-refractivity contribution in [3.8, 4) is 0 Å². The Morgan fingerprint density at radius 1 is 1.17 bits per heavy atom. The number of benzene rings is 2. The summed E-state index contributed by atoms with van der Waals surface area (Å²) in [5.74, 6) is 0. The number of aryl methyl sites for hydroxylation is 1. The number of anilines is 3. The molecule has 0 radical (unpaired) electrons. The Bertz CT molecular complexity index is 703. The zero-order valence-corrected chi connectivity index (χ0v) is 9.97. The fourth-order valence-corrected chi connectivity index (χ4v) is 1.82. The summed E-state index contributed by atoms with van der Waals surface area (Å²) in [7, 11) is 0. The van der Waals surface area contributed by atoms with Crippen molar-refractivity contribution in [3.05, 3.63) is 48.0 Å². The Kier molecular flexibility index (Phi) is 2.41. The third-order valence-electron chi connectivity index (χ3n) is 2.75. The predicted octanol–water partition coefficient (Wildman–Crippen LogP) is 3.46. The summed E-state index contributed by atoms with van der Waals surface area (Å²) >= 11 is 0. The molecule has 0 amide bonds. The van der Waals surface area contributed by atoms with Crippen molar-refractivity contribution in [2.75, 3.05) is 11.1 Å². The minimum Gasteiger partial charge on any atom is -0.423 e. The zero-order valence-electron chi connectivity index (χ0n) is 9.97. The summed E-state index contributed by atoms with van der Waals surface area (Å²) in [6.45, 7) is 2.02. The van der Waals surface area contributed by atoms with Crippen molar-refractivity contribution < 1.29 is 4.42 Å². The highest BCUT2D eigenvalue weighted by Crippen LogP contribution is 2.25. The fraction of sp³-hybridized carbons (Fsp3) is 0.0714. The van der Waals surface area contributed by atoms with E-state index in [1.807, 2.05) is 49.4 Å². The van der Waals surface area contributed by atoms with Gasteiger partial charge >= 0.3 is 0 Å². The first-order chi connectivity index (χ1) is 8.72. The first-order valence-electron chi connectivity index (χ1n) is 5.71. The van der Waals surface area contributed by atoms with Gasteiger partial charge in [0, 0.05) is 0 Å². The van der Waals surface area contributed by atoms with Crippen molar-refractivity contribution in [2.24, 2.45) is 0 Å². The largest absolute Gasteiger partial charge is 0.423 e. The zero-order chi connectivity index (χ0) is 12.5. The number of para-hydroxylation sites is 2. The van der Waals surface area contributed by atoms with E-state index in [0.717, 1.165) is 22.4 Å². The van der Waals surface area contributed by atoms with E-state index < -0.39 is 0 Å². The van der Waals surface area contributed by atoms with Crippen LogP contribution in [0.5, 0.6) is 0 Å². The van der Waals surface area contributed by atoms with Crippen molar-refractivity contribution in [2.45, 2.75) is 6.92 Å². The Hall–Kier alpha value is -2.49. The number of nitrogens with zero attached hydrogens (tertiary/aromatic N) is 1. The second-order valence-corrected chi connectivity index (χ2v) is 4.20. The van der Waals surface area contributed by atoms with Crippen LogP contribution in [0.3, 0.4) is 0 Å². The van der Waals surface area contributed by atoms with Crippen molar-refractivity contribution >= 4 is 28.5 Å². The minimum atomic E-state index is 0.452. The number of nitrogens with one attached hydrogen (secondary N) is 1. The van der Waals surface area contributed by atoms with Gasteiger partial charge in [0.1, 0.15) is 5.52 Å². The van der Waals surface area contributed by atoms with Gasteiger partial charge in [0.05, 0.1) is 11.4 Å². The van der Waals surface area contributed by atoms with Crippen LogP contribution in [-0.4, -0.2) is 4.98 Å². The van der Waals surface area contributed by atoms with Crippen molar-refractivity contribution in [1.29, 1.82) is 0 Å². The van der Waals surface area contributed by atoms with E-state index in [9.17, 15) is 0 Å². The molecule has 4 nitrogen and oxygen atoms in total. The van der Waals surface area contributed by atoms with Gasteiger partial charge in [-0.2, -0.15) is 4.98 Å². The van der Waals surface area contributed by atoms with Gasteiger partial charge in [0.15, 0.2) is 5.58 Å². The Labute approximate surface area is 104 Å². The standard InChI is InChI=1S/C14H13N3O/c1-9-6-7-13-12(8-9)17-14(18-13)16-11-5-3-2-4-10(11)15/h2-8H,15H2,1H3,(H,16,17). The number of fused-ring (bicyclic) bond motifs is 1. The van der Waals surface area contributed by atoms with E-state index in [0.29, 0.717) is 11.7 Å². The molecule has 0 aliphatic rings. The lowest BCUT2D eigenvalue weighted by Gasteiger charge is -2.03. The lowest BCUT2D eigenvalue weighted by molar-refractivity contribution is 0.623. The number of hydrogen-bond acceptors (Lipinski definition) is 4. The molecule has 0 aliphatic carbocycles. The number of hydrogen-bond donors (Lipinski definition) is 2. The lowest BCUT2D eigenvalue weighted by atomic mass is 10.2. The highest BCUT2D eigenvalue weighted by atomic mass is 16.4. The fourth-order valence-electron chi connectivity index (χ4n) is 1.82. The molecule has 2 aromatic carbocycles. The molecule has 0 atom stereocenters. The number of nitrogen functional groups attached to an aromatic ring is 1. The summed E-state index contributed by atoms with van der Waals surface area (Å²) in [5.41, 5.74) is 10.1. The van der Waals surface area contributed by atoms with Crippen LogP contribution in [-0.2, 0) is 0 Å². The number of rotatable bonds is 2. The molecule has 3 rings (SSSR count). The maximum Gasteiger partial charge on any atom is 0.300 e. The summed E-state index contributed by atoms with van der Waals surface area (Å²) in [5, 5.41) is 3.08. The quantitative estimate of drug-likeness (QED) is 0.672. The van der Waals surface area contributed by atoms with Gasteiger partial charge in [-0.25, -0.2) is 0 Å². The van der Waals surface area contributed by atoms with E-state index in [1.54, 1.807) is 0 Å². The number of aromatic nitrogens is 1. The third-order valence-corrected chi connectivity index (χ3v) is 2.75. The van der Waals surface area contributed by atoms with E-state index in [1.165, 1.54) is 0 Å². The Morgan fingerprint density at radius 2 is 2.00 bits per heavy atom. The van der Waals surface area contributed by atoms with Crippen molar-refractivity contribution in [1.82, 2.24) is 4.98 Å². The summed E-state index contributed by atoms with van der Waals surface area (Å²) < 4.78 is 5.60. The highest BCUT2D eigenvalue weighted by Gasteiger charge is 2.07. The van der Waals surface area contributed by atoms with E-state index in [4.69, 9.17) is 10.2 Å². The third kappa shape index (κ3) is 1.88. The van der Waals surface area contributed by atoms with Crippen LogP contribution >= 0.6 is 0 Å². The van der Waals surface area contributed by atoms with Gasteiger partial charge < -0.3 is 15.5 Å². The van der Waals surface area contributed by atoms with Crippen LogP contribution < -0.4 is 11.1 Å². The molecule has 0 bridgehead atoms. The van der Waals surface area contributed by atoms with Crippen LogP contribution in [0, 0.1) is 6.92 Å². The average molecular weight is 239 g/mol. The molecular weight excluding hydrogens is 226 g/mol. The molecule has 3 N–H and O–H groups in total. The molecule has 3 aromatic rings. The predicted molar refractivity (Wildman–Crippen MR) is 72.9 cm³/mol. The van der Waals surface area contributed by atoms with E-state index in [2.05, 4.69) is 10.3 Å². The maximum atomic E-state index is 5.85. The molecule has 0 unspecified atom stereocenters. The molecule has 90 valence electrons. The SMILES string of the molecule is Cc1ccc2oc(Nc3ccccc3N)nc2c1. The Morgan fingerprint density at radius 3 is 2.83 bits per heavy atom. The normalized spacial score (nSPS) is 10.7. The number of nitrogens with two attached hydrogens (primary N) is 1. The second-order valence-electron chi connectivity index (χ2n) is 4.20. The van der Waals surface area contributed by atoms with Crippen LogP contribution in [0.2, 0.25) is 0 Å². The van der Waals surface area contributed by atoms with Gasteiger partial charge in [0.2, 0.25) is 0 Å². The highest BCUT2D eigenvalue weighted by molar-refractivity contribution is 5.77. The summed E-state index contributed by atoms with van der Waals surface area (Å²) in [6, 6.07) is 13.9. The molecule has 18 heavy (non-hydrogen) atoms. The molecule has 1 aromatic heterocycles. The van der Waals surface area contributed by atoms with E-state index in [-0.39, 0.29) is 0 Å².